The van der Waals surface area contributed by atoms with Crippen molar-refractivity contribution in [3.8, 4) is 6.07 Å². The van der Waals surface area contributed by atoms with Crippen molar-refractivity contribution in [3.05, 3.63) is 53.5 Å². The number of hydrogen-bond acceptors (Lipinski definition) is 6. The van der Waals surface area contributed by atoms with E-state index in [1.165, 1.54) is 12.4 Å². The number of hydrogen-bond donors (Lipinski definition) is 1. The van der Waals surface area contributed by atoms with Crippen molar-refractivity contribution in [3.63, 3.8) is 0 Å². The molecule has 3 rings (SSSR count). The lowest BCUT2D eigenvalue weighted by atomic mass is 9.93. The number of halogens is 2. The predicted molar refractivity (Wildman–Crippen MR) is 101 cm³/mol. The van der Waals surface area contributed by atoms with Gasteiger partial charge in [-0.3, -0.25) is 0 Å². The maximum absolute atomic E-state index is 14.5. The Kier molecular flexibility index (Phi) is 6.22. The quantitative estimate of drug-likeness (QED) is 0.826. The van der Waals surface area contributed by atoms with E-state index in [0.29, 0.717) is 5.82 Å². The summed E-state index contributed by atoms with van der Waals surface area (Å²) in [7, 11) is 0. The van der Waals surface area contributed by atoms with Crippen LogP contribution >= 0.6 is 0 Å². The number of benzene rings is 1. The lowest BCUT2D eigenvalue weighted by Gasteiger charge is -2.37. The van der Waals surface area contributed by atoms with Crippen molar-refractivity contribution in [1.29, 1.82) is 5.26 Å². The molecule has 0 spiro atoms. The molecule has 2 aromatic rings. The Labute approximate surface area is 167 Å². The summed E-state index contributed by atoms with van der Waals surface area (Å²) in [6, 6.07) is 9.30. The van der Waals surface area contributed by atoms with Crippen LogP contribution in [0.5, 0.6) is 0 Å². The van der Waals surface area contributed by atoms with Crippen LogP contribution in [0.2, 0.25) is 0 Å². The Balaban J connectivity index is 1.50. The molecule has 1 atom stereocenters. The van der Waals surface area contributed by atoms with E-state index in [9.17, 15) is 13.6 Å². The maximum atomic E-state index is 14.5. The average molecular weight is 401 g/mol. The fourth-order valence-electron chi connectivity index (χ4n) is 3.02. The predicted octanol–water partition coefficient (Wildman–Crippen LogP) is 3.36. The maximum Gasteiger partial charge on any atom is 0.410 e. The number of likely N-dealkylation sites (tertiary alicyclic amines) is 1. The number of piperidine rings is 1. The van der Waals surface area contributed by atoms with Gasteiger partial charge < -0.3 is 15.0 Å². The molecule has 1 amide bonds. The molecule has 1 aliphatic rings. The Bertz CT molecular complexity index is 881. The molecule has 9 heteroatoms. The Morgan fingerprint density at radius 2 is 2.10 bits per heavy atom. The first-order chi connectivity index (χ1) is 13.9. The molecular formula is C20H21F2N5O2. The highest BCUT2D eigenvalue weighted by Gasteiger charge is 2.46. The molecule has 0 radical (unpaired) electrons. The van der Waals surface area contributed by atoms with Gasteiger partial charge in [0.15, 0.2) is 5.69 Å². The molecule has 1 saturated heterocycles. The third-order valence-corrected chi connectivity index (χ3v) is 4.78. The van der Waals surface area contributed by atoms with Gasteiger partial charge >= 0.3 is 6.09 Å². The molecule has 0 aliphatic carbocycles. The van der Waals surface area contributed by atoms with E-state index in [2.05, 4.69) is 15.3 Å². The minimum Gasteiger partial charge on any atom is -0.445 e. The molecule has 29 heavy (non-hydrogen) atoms. The van der Waals surface area contributed by atoms with Crippen LogP contribution in [0.25, 0.3) is 0 Å². The molecule has 0 bridgehead atoms. The SMILES string of the molecule is Cc1ccc(COC(=O)N2CC[C@H](CNc3cnc(C#N)cn3)C(F)(F)C2)cc1. The van der Waals surface area contributed by atoms with Crippen LogP contribution in [0, 0.1) is 24.2 Å². The molecule has 1 fully saturated rings. The number of amides is 1. The topological polar surface area (TPSA) is 91.1 Å². The fraction of sp³-hybridized carbons (Fsp3) is 0.400. The summed E-state index contributed by atoms with van der Waals surface area (Å²) in [4.78, 5) is 21.0. The van der Waals surface area contributed by atoms with Crippen molar-refractivity contribution in [1.82, 2.24) is 14.9 Å². The molecular weight excluding hydrogens is 380 g/mol. The number of aromatic nitrogens is 2. The van der Waals surface area contributed by atoms with Crippen molar-refractivity contribution in [2.45, 2.75) is 25.9 Å². The van der Waals surface area contributed by atoms with E-state index in [-0.39, 0.29) is 31.8 Å². The second-order valence-corrected chi connectivity index (χ2v) is 6.99. The summed E-state index contributed by atoms with van der Waals surface area (Å²) < 4.78 is 34.3. The summed E-state index contributed by atoms with van der Waals surface area (Å²) in [6.45, 7) is 1.48. The van der Waals surface area contributed by atoms with Gasteiger partial charge in [-0.25, -0.2) is 23.5 Å². The number of nitrogens with zero attached hydrogens (tertiary/aromatic N) is 4. The van der Waals surface area contributed by atoms with Gasteiger partial charge in [0.05, 0.1) is 18.9 Å². The van der Waals surface area contributed by atoms with Crippen LogP contribution in [-0.4, -0.2) is 46.5 Å². The van der Waals surface area contributed by atoms with E-state index in [1.54, 1.807) is 0 Å². The lowest BCUT2D eigenvalue weighted by Crippen LogP contribution is -2.52. The van der Waals surface area contributed by atoms with Gasteiger partial charge in [-0.1, -0.05) is 29.8 Å². The molecule has 1 aromatic heterocycles. The molecule has 152 valence electrons. The number of nitrogens with one attached hydrogen (secondary N) is 1. The van der Waals surface area contributed by atoms with E-state index in [4.69, 9.17) is 10.00 Å². The molecule has 2 heterocycles. The van der Waals surface area contributed by atoms with Gasteiger partial charge in [0.25, 0.3) is 5.92 Å². The highest BCUT2D eigenvalue weighted by atomic mass is 19.3. The Hall–Kier alpha value is -3.28. The van der Waals surface area contributed by atoms with Crippen molar-refractivity contribution < 1.29 is 18.3 Å². The van der Waals surface area contributed by atoms with E-state index >= 15 is 0 Å². The number of anilines is 1. The van der Waals surface area contributed by atoms with Crippen LogP contribution in [0.4, 0.5) is 19.4 Å². The second kappa shape index (κ2) is 8.82. The summed E-state index contributed by atoms with van der Waals surface area (Å²) in [5.41, 5.74) is 2.04. The normalized spacial score (nSPS) is 18.0. The Morgan fingerprint density at radius 3 is 2.72 bits per heavy atom. The molecule has 0 saturated carbocycles. The van der Waals surface area contributed by atoms with Crippen molar-refractivity contribution >= 4 is 11.9 Å². The largest absolute Gasteiger partial charge is 0.445 e. The van der Waals surface area contributed by atoms with E-state index in [0.717, 1.165) is 16.0 Å². The van der Waals surface area contributed by atoms with Gasteiger partial charge in [-0.2, -0.15) is 5.26 Å². The number of carbonyl (C=O) groups is 1. The van der Waals surface area contributed by atoms with Crippen LogP contribution in [-0.2, 0) is 11.3 Å². The van der Waals surface area contributed by atoms with Crippen molar-refractivity contribution in [2.24, 2.45) is 5.92 Å². The fourth-order valence-corrected chi connectivity index (χ4v) is 3.02. The average Bonchev–Trinajstić information content (AvgIpc) is 2.72. The Morgan fingerprint density at radius 1 is 1.34 bits per heavy atom. The van der Waals surface area contributed by atoms with Crippen LogP contribution in [0.3, 0.4) is 0 Å². The van der Waals surface area contributed by atoms with Gasteiger partial charge in [-0.05, 0) is 18.9 Å². The standard InChI is InChI=1S/C20H21F2N5O2/c1-14-2-4-15(5-3-14)12-29-19(28)27-7-6-16(20(21,22)13-27)9-25-18-11-24-17(8-23)10-26-18/h2-5,10-11,16H,6-7,9,12-13H2,1H3,(H,25,26)/t16-/m1/s1. The summed E-state index contributed by atoms with van der Waals surface area (Å²) in [6.07, 6.45) is 1.99. The number of carbonyl (C=O) groups excluding carboxylic acids is 1. The third kappa shape index (κ3) is 5.38. The summed E-state index contributed by atoms with van der Waals surface area (Å²) in [5, 5.41) is 11.5. The zero-order chi connectivity index (χ0) is 20.9. The van der Waals surface area contributed by atoms with Gasteiger partial charge in [0.1, 0.15) is 18.5 Å². The van der Waals surface area contributed by atoms with Gasteiger partial charge in [0, 0.05) is 19.0 Å². The summed E-state index contributed by atoms with van der Waals surface area (Å²) in [5.74, 6) is -3.70. The first-order valence-corrected chi connectivity index (χ1v) is 9.18. The highest BCUT2D eigenvalue weighted by Crippen LogP contribution is 2.33. The molecule has 7 nitrogen and oxygen atoms in total. The smallest absolute Gasteiger partial charge is 0.410 e. The van der Waals surface area contributed by atoms with E-state index in [1.807, 2.05) is 37.3 Å². The number of alkyl halides is 2. The van der Waals surface area contributed by atoms with Gasteiger partial charge in [0.2, 0.25) is 0 Å². The zero-order valence-electron chi connectivity index (χ0n) is 15.9. The first-order valence-electron chi connectivity index (χ1n) is 9.18. The van der Waals surface area contributed by atoms with E-state index < -0.39 is 24.5 Å². The van der Waals surface area contributed by atoms with Crippen LogP contribution in [0.1, 0.15) is 23.2 Å². The monoisotopic (exact) mass is 401 g/mol. The second-order valence-electron chi connectivity index (χ2n) is 6.99. The van der Waals surface area contributed by atoms with Crippen LogP contribution < -0.4 is 5.32 Å². The number of rotatable bonds is 5. The minimum atomic E-state index is -3.06. The molecule has 1 N–H and O–H groups in total. The third-order valence-electron chi connectivity index (χ3n) is 4.78. The number of aryl methyl sites for hydroxylation is 1. The first kappa shape index (κ1) is 20.5. The zero-order valence-corrected chi connectivity index (χ0v) is 15.9. The summed E-state index contributed by atoms with van der Waals surface area (Å²) >= 11 is 0. The highest BCUT2D eigenvalue weighted by molar-refractivity contribution is 5.68. The van der Waals surface area contributed by atoms with Crippen molar-refractivity contribution in [2.75, 3.05) is 25.0 Å². The molecule has 1 aliphatic heterocycles. The molecule has 1 aromatic carbocycles. The number of nitriles is 1. The minimum absolute atomic E-state index is 0.0141. The number of ether oxygens (including phenoxy) is 1. The van der Waals surface area contributed by atoms with Crippen LogP contribution in [0.15, 0.2) is 36.7 Å². The molecule has 0 unspecified atom stereocenters. The lowest BCUT2D eigenvalue weighted by molar-refractivity contribution is -0.101. The van der Waals surface area contributed by atoms with Gasteiger partial charge in [-0.15, -0.1) is 0 Å².